The SMILES string of the molecule is CCCC.Cc1ccc2[nH]c(=O)[nH]c2c1.Cc1ccc2[nH]c(=O)oc2c1.[HH].[HH].[HH]. The molecule has 0 saturated heterocycles. The van der Waals surface area contributed by atoms with Gasteiger partial charge in [0.2, 0.25) is 0 Å². The normalized spacial score (nSPS) is 10.2. The van der Waals surface area contributed by atoms with Gasteiger partial charge in [-0.15, -0.1) is 0 Å². The Kier molecular flexibility index (Phi) is 6.60. The minimum absolute atomic E-state index is 0. The van der Waals surface area contributed by atoms with Crippen LogP contribution in [0.15, 0.2) is 50.4 Å². The summed E-state index contributed by atoms with van der Waals surface area (Å²) in [5.74, 6) is -0.398. The smallest absolute Gasteiger partial charge is 0.408 e. The fourth-order valence-corrected chi connectivity index (χ4v) is 2.20. The van der Waals surface area contributed by atoms with Crippen molar-refractivity contribution in [1.82, 2.24) is 15.0 Å². The van der Waals surface area contributed by atoms with Gasteiger partial charge in [0, 0.05) is 4.28 Å². The largest absolute Gasteiger partial charge is 0.417 e. The van der Waals surface area contributed by atoms with Crippen molar-refractivity contribution in [3.63, 3.8) is 0 Å². The van der Waals surface area contributed by atoms with Crippen LogP contribution in [0.2, 0.25) is 0 Å². The molecule has 6 nitrogen and oxygen atoms in total. The average molecular weight is 361 g/mol. The fraction of sp³-hybridized carbons (Fsp3) is 0.300. The summed E-state index contributed by atoms with van der Waals surface area (Å²) in [7, 11) is 0. The molecule has 4 aromatic rings. The molecule has 3 N–H and O–H groups in total. The first-order valence-corrected chi connectivity index (χ1v) is 8.71. The minimum Gasteiger partial charge on any atom is -0.408 e. The molecule has 0 aliphatic rings. The molecule has 0 atom stereocenters. The second-order valence-corrected chi connectivity index (χ2v) is 6.14. The van der Waals surface area contributed by atoms with E-state index in [1.54, 1.807) is 0 Å². The maximum atomic E-state index is 10.8. The van der Waals surface area contributed by atoms with Crippen LogP contribution < -0.4 is 11.4 Å². The number of hydrogen-bond donors (Lipinski definition) is 3. The first-order chi connectivity index (χ1) is 12.4. The van der Waals surface area contributed by atoms with Gasteiger partial charge in [-0.25, -0.2) is 9.59 Å². The predicted octanol–water partition coefficient (Wildman–Crippen LogP) is 5.14. The van der Waals surface area contributed by atoms with Gasteiger partial charge in [-0.05, 0) is 49.2 Å². The lowest BCUT2D eigenvalue weighted by atomic mass is 10.2. The number of aryl methyl sites for hydroxylation is 2. The number of aromatic nitrogens is 3. The Balaban J connectivity index is 0. The van der Waals surface area contributed by atoms with E-state index < -0.39 is 5.76 Å². The zero-order chi connectivity index (χ0) is 19.1. The zero-order valence-corrected chi connectivity index (χ0v) is 15.6. The number of oxazole rings is 1. The van der Waals surface area contributed by atoms with Gasteiger partial charge in [-0.3, -0.25) is 4.98 Å². The number of unbranched alkanes of at least 4 members (excludes halogenated alkanes) is 1. The molecule has 0 radical (unpaired) electrons. The fourth-order valence-electron chi connectivity index (χ4n) is 2.20. The molecular formula is C20H31N3O3. The summed E-state index contributed by atoms with van der Waals surface area (Å²) in [5, 5.41) is 0. The van der Waals surface area contributed by atoms with E-state index in [2.05, 4.69) is 28.8 Å². The third-order valence-electron chi connectivity index (χ3n) is 3.75. The standard InChI is InChI=1S/C8H8N2O.C8H7NO2.C4H10.3H2/c1-5-2-3-6-7(4-5)10-8(11)9-6;1-5-2-3-6-7(4-5)11-8(10)9-6;1-3-4-2;;;/h2-4H,1H3,(H2,9,10,11);2-4H,1H3,(H,9,10);3-4H2,1-2H3;3*1H. The molecule has 0 bridgehead atoms. The molecule has 0 amide bonds. The molecule has 2 heterocycles. The van der Waals surface area contributed by atoms with Crippen LogP contribution in [0.1, 0.15) is 42.1 Å². The number of imidazole rings is 1. The highest BCUT2D eigenvalue weighted by Gasteiger charge is 1.98. The molecule has 26 heavy (non-hydrogen) atoms. The molecule has 4 rings (SSSR count). The summed E-state index contributed by atoms with van der Waals surface area (Å²) >= 11 is 0. The summed E-state index contributed by atoms with van der Waals surface area (Å²) in [6, 6.07) is 11.4. The second kappa shape index (κ2) is 8.89. The van der Waals surface area contributed by atoms with E-state index in [1.807, 2.05) is 50.2 Å². The Morgan fingerprint density at radius 2 is 1.38 bits per heavy atom. The van der Waals surface area contributed by atoms with Crippen LogP contribution in [0.25, 0.3) is 22.1 Å². The summed E-state index contributed by atoms with van der Waals surface area (Å²) in [5.41, 5.74) is 5.19. The second-order valence-electron chi connectivity index (χ2n) is 6.14. The zero-order valence-electron chi connectivity index (χ0n) is 15.6. The Morgan fingerprint density at radius 3 is 2.04 bits per heavy atom. The van der Waals surface area contributed by atoms with E-state index in [4.69, 9.17) is 4.42 Å². The maximum Gasteiger partial charge on any atom is 0.417 e. The van der Waals surface area contributed by atoms with Crippen LogP contribution in [-0.4, -0.2) is 15.0 Å². The van der Waals surface area contributed by atoms with Crippen molar-refractivity contribution >= 4 is 22.1 Å². The lowest BCUT2D eigenvalue weighted by Crippen LogP contribution is -1.99. The molecule has 144 valence electrons. The van der Waals surface area contributed by atoms with Crippen molar-refractivity contribution < 1.29 is 8.70 Å². The van der Waals surface area contributed by atoms with E-state index in [9.17, 15) is 9.59 Å². The van der Waals surface area contributed by atoms with Crippen LogP contribution in [0.5, 0.6) is 0 Å². The monoisotopic (exact) mass is 361 g/mol. The van der Waals surface area contributed by atoms with Gasteiger partial charge < -0.3 is 14.4 Å². The summed E-state index contributed by atoms with van der Waals surface area (Å²) in [4.78, 5) is 29.4. The number of H-pyrrole nitrogens is 3. The van der Waals surface area contributed by atoms with E-state index in [-0.39, 0.29) is 9.97 Å². The number of aromatic amines is 3. The van der Waals surface area contributed by atoms with Crippen molar-refractivity contribution in [3.8, 4) is 0 Å². The van der Waals surface area contributed by atoms with Gasteiger partial charge >= 0.3 is 11.4 Å². The maximum absolute atomic E-state index is 10.8. The molecular weight excluding hydrogens is 330 g/mol. The first-order valence-electron chi connectivity index (χ1n) is 8.71. The highest BCUT2D eigenvalue weighted by molar-refractivity contribution is 5.75. The number of fused-ring (bicyclic) bond motifs is 2. The van der Waals surface area contributed by atoms with Gasteiger partial charge in [-0.1, -0.05) is 38.8 Å². The molecule has 0 aliphatic heterocycles. The Hall–Kier alpha value is -3.02. The van der Waals surface area contributed by atoms with Crippen molar-refractivity contribution in [1.29, 1.82) is 0 Å². The molecule has 0 saturated carbocycles. The Labute approximate surface area is 155 Å². The molecule has 0 fully saturated rings. The van der Waals surface area contributed by atoms with Crippen LogP contribution in [-0.2, 0) is 0 Å². The number of hydrogen-bond acceptors (Lipinski definition) is 3. The van der Waals surface area contributed by atoms with Crippen molar-refractivity contribution in [2.24, 2.45) is 0 Å². The molecule has 0 spiro atoms. The third kappa shape index (κ3) is 5.24. The minimum atomic E-state index is -0.398. The molecule has 0 aliphatic carbocycles. The van der Waals surface area contributed by atoms with Gasteiger partial charge in [0.05, 0.1) is 16.6 Å². The predicted molar refractivity (Wildman–Crippen MR) is 112 cm³/mol. The molecule has 2 aromatic heterocycles. The lowest BCUT2D eigenvalue weighted by Gasteiger charge is -1.89. The lowest BCUT2D eigenvalue weighted by molar-refractivity contribution is 0.555. The highest BCUT2D eigenvalue weighted by Crippen LogP contribution is 2.10. The van der Waals surface area contributed by atoms with Crippen molar-refractivity contribution in [3.05, 3.63) is 68.6 Å². The number of benzene rings is 2. The van der Waals surface area contributed by atoms with Crippen LogP contribution in [0.4, 0.5) is 0 Å². The summed E-state index contributed by atoms with van der Waals surface area (Å²) in [6.07, 6.45) is 2.64. The van der Waals surface area contributed by atoms with Crippen molar-refractivity contribution in [2.45, 2.75) is 40.5 Å². The summed E-state index contributed by atoms with van der Waals surface area (Å²) in [6.45, 7) is 8.30. The molecule has 0 unspecified atom stereocenters. The topological polar surface area (TPSA) is 94.6 Å². The van der Waals surface area contributed by atoms with Crippen molar-refractivity contribution in [2.75, 3.05) is 0 Å². The van der Waals surface area contributed by atoms with Crippen LogP contribution in [0.3, 0.4) is 0 Å². The van der Waals surface area contributed by atoms with Crippen LogP contribution >= 0.6 is 0 Å². The van der Waals surface area contributed by atoms with Gasteiger partial charge in [0.1, 0.15) is 0 Å². The van der Waals surface area contributed by atoms with E-state index in [0.29, 0.717) is 5.58 Å². The van der Waals surface area contributed by atoms with Gasteiger partial charge in [0.25, 0.3) is 0 Å². The number of nitrogens with one attached hydrogen (secondary N) is 3. The van der Waals surface area contributed by atoms with E-state index >= 15 is 0 Å². The third-order valence-corrected chi connectivity index (χ3v) is 3.75. The van der Waals surface area contributed by atoms with E-state index in [1.165, 1.54) is 12.8 Å². The van der Waals surface area contributed by atoms with Gasteiger partial charge in [-0.2, -0.15) is 0 Å². The van der Waals surface area contributed by atoms with E-state index in [0.717, 1.165) is 27.7 Å². The summed E-state index contributed by atoms with van der Waals surface area (Å²) < 4.78 is 4.84. The number of rotatable bonds is 1. The molecule has 6 heteroatoms. The molecule has 2 aromatic carbocycles. The quantitative estimate of drug-likeness (QED) is 0.438. The average Bonchev–Trinajstić information content (AvgIpc) is 3.15. The van der Waals surface area contributed by atoms with Crippen LogP contribution in [0, 0.1) is 13.8 Å². The Bertz CT molecular complexity index is 1010. The van der Waals surface area contributed by atoms with Gasteiger partial charge in [0.15, 0.2) is 5.58 Å². The highest BCUT2D eigenvalue weighted by atomic mass is 16.4. The first kappa shape index (κ1) is 19.3. The Morgan fingerprint density at radius 1 is 0.808 bits per heavy atom.